The van der Waals surface area contributed by atoms with Crippen molar-refractivity contribution in [3.05, 3.63) is 78.0 Å². The number of fused-ring (bicyclic) bond motifs is 3. The minimum Gasteiger partial charge on any atom is -0.358 e. The lowest BCUT2D eigenvalue weighted by Crippen LogP contribution is -2.34. The van der Waals surface area contributed by atoms with E-state index in [4.69, 9.17) is 0 Å². The number of hydrogen-bond donors (Lipinski definition) is 1. The van der Waals surface area contributed by atoms with Crippen LogP contribution in [0.15, 0.2) is 66.1 Å². The molecule has 0 fully saturated rings. The maximum atomic E-state index is 13.1. The third-order valence-electron chi connectivity index (χ3n) is 5.17. The fraction of sp³-hybridized carbons (Fsp3) is 0.238. The van der Waals surface area contributed by atoms with Crippen LogP contribution >= 0.6 is 0 Å². The van der Waals surface area contributed by atoms with E-state index in [1.165, 1.54) is 10.9 Å². The summed E-state index contributed by atoms with van der Waals surface area (Å²) < 4.78 is 27.9. The molecule has 5 heteroatoms. The molecule has 1 aromatic heterocycles. The lowest BCUT2D eigenvalue weighted by molar-refractivity contribution is 0.414. The van der Waals surface area contributed by atoms with Crippen LogP contribution in [0.2, 0.25) is 0 Å². The van der Waals surface area contributed by atoms with Gasteiger partial charge in [-0.2, -0.15) is 4.31 Å². The average Bonchev–Trinajstić information content (AvgIpc) is 2.90. The van der Waals surface area contributed by atoms with Gasteiger partial charge in [-0.15, -0.1) is 6.58 Å². The van der Waals surface area contributed by atoms with E-state index < -0.39 is 10.0 Å². The van der Waals surface area contributed by atoms with Gasteiger partial charge >= 0.3 is 0 Å². The number of nitrogens with zero attached hydrogens (tertiary/aromatic N) is 1. The van der Waals surface area contributed by atoms with Gasteiger partial charge in [0.2, 0.25) is 10.0 Å². The smallest absolute Gasteiger partial charge is 0.243 e. The molecule has 0 aliphatic carbocycles. The third-order valence-corrected chi connectivity index (χ3v) is 7.05. The zero-order valence-electron chi connectivity index (χ0n) is 14.8. The first-order valence-electron chi connectivity index (χ1n) is 8.79. The maximum Gasteiger partial charge on any atom is 0.243 e. The average molecular weight is 366 g/mol. The third kappa shape index (κ3) is 2.77. The van der Waals surface area contributed by atoms with E-state index >= 15 is 0 Å². The summed E-state index contributed by atoms with van der Waals surface area (Å²) in [4.78, 5) is 3.83. The van der Waals surface area contributed by atoms with Crippen molar-refractivity contribution in [1.82, 2.24) is 9.29 Å². The number of sulfonamides is 1. The van der Waals surface area contributed by atoms with E-state index in [2.05, 4.69) is 23.7 Å². The van der Waals surface area contributed by atoms with E-state index in [9.17, 15) is 8.42 Å². The monoisotopic (exact) mass is 366 g/mol. The predicted octanol–water partition coefficient (Wildman–Crippen LogP) is 3.99. The Labute approximate surface area is 154 Å². The molecule has 4 nitrogen and oxygen atoms in total. The van der Waals surface area contributed by atoms with Gasteiger partial charge in [0.25, 0.3) is 0 Å². The SMILES string of the molecule is C=C[C@@H]1CN(S(=O)(=O)c2ccc(C)cc2)CCc2c1[nH]c1ccccc21. The first-order valence-corrected chi connectivity index (χ1v) is 10.2. The molecule has 0 saturated carbocycles. The van der Waals surface area contributed by atoms with Crippen LogP contribution in [0.25, 0.3) is 10.9 Å². The summed E-state index contributed by atoms with van der Waals surface area (Å²) in [6.07, 6.45) is 2.53. The number of aromatic nitrogens is 1. The number of benzene rings is 2. The van der Waals surface area contributed by atoms with Crippen LogP contribution in [0.1, 0.15) is 22.7 Å². The first-order chi connectivity index (χ1) is 12.5. The van der Waals surface area contributed by atoms with Gasteiger partial charge in [-0.25, -0.2) is 8.42 Å². The number of para-hydroxylation sites is 1. The molecule has 26 heavy (non-hydrogen) atoms. The molecule has 3 aromatic rings. The molecule has 1 aliphatic rings. The van der Waals surface area contributed by atoms with Crippen LogP contribution in [-0.2, 0) is 16.4 Å². The van der Waals surface area contributed by atoms with Crippen LogP contribution in [-0.4, -0.2) is 30.8 Å². The van der Waals surface area contributed by atoms with Crippen molar-refractivity contribution in [3.63, 3.8) is 0 Å². The minimum absolute atomic E-state index is 0.0554. The number of H-pyrrole nitrogens is 1. The van der Waals surface area contributed by atoms with Gasteiger partial charge in [0, 0.05) is 35.6 Å². The summed E-state index contributed by atoms with van der Waals surface area (Å²) in [7, 11) is -3.52. The summed E-state index contributed by atoms with van der Waals surface area (Å²) in [6.45, 7) is 6.78. The number of aryl methyl sites for hydroxylation is 1. The lowest BCUT2D eigenvalue weighted by Gasteiger charge is -2.23. The number of nitrogens with one attached hydrogen (secondary N) is 1. The molecule has 0 spiro atoms. The number of rotatable bonds is 3. The summed E-state index contributed by atoms with van der Waals surface area (Å²) >= 11 is 0. The predicted molar refractivity (Wildman–Crippen MR) is 105 cm³/mol. The summed E-state index contributed by atoms with van der Waals surface area (Å²) in [6, 6.07) is 15.2. The Balaban J connectivity index is 1.73. The molecule has 1 N–H and O–H groups in total. The van der Waals surface area contributed by atoms with Crippen molar-refractivity contribution < 1.29 is 8.42 Å². The summed E-state index contributed by atoms with van der Waals surface area (Å²) in [5.41, 5.74) is 4.43. The second-order valence-corrected chi connectivity index (χ2v) is 8.77. The van der Waals surface area contributed by atoms with Crippen molar-refractivity contribution >= 4 is 20.9 Å². The fourth-order valence-electron chi connectivity index (χ4n) is 3.72. The number of aromatic amines is 1. The van der Waals surface area contributed by atoms with E-state index in [1.807, 2.05) is 37.3 Å². The van der Waals surface area contributed by atoms with Gasteiger partial charge < -0.3 is 4.98 Å². The quantitative estimate of drug-likeness (QED) is 0.713. The molecule has 2 aromatic carbocycles. The highest BCUT2D eigenvalue weighted by atomic mass is 32.2. The topological polar surface area (TPSA) is 53.2 Å². The minimum atomic E-state index is -3.52. The molecule has 0 amide bonds. The van der Waals surface area contributed by atoms with Crippen molar-refractivity contribution in [1.29, 1.82) is 0 Å². The van der Waals surface area contributed by atoms with E-state index in [0.29, 0.717) is 24.4 Å². The second kappa shape index (κ2) is 6.41. The van der Waals surface area contributed by atoms with Gasteiger partial charge in [0.15, 0.2) is 0 Å². The Morgan fingerprint density at radius 1 is 1.15 bits per heavy atom. The van der Waals surface area contributed by atoms with Crippen LogP contribution in [0.5, 0.6) is 0 Å². The molecule has 2 heterocycles. The zero-order valence-corrected chi connectivity index (χ0v) is 15.6. The lowest BCUT2D eigenvalue weighted by atomic mass is 10.0. The largest absolute Gasteiger partial charge is 0.358 e. The van der Waals surface area contributed by atoms with Crippen LogP contribution in [0.3, 0.4) is 0 Å². The van der Waals surface area contributed by atoms with Crippen molar-refractivity contribution in [2.75, 3.05) is 13.1 Å². The Morgan fingerprint density at radius 3 is 2.62 bits per heavy atom. The van der Waals surface area contributed by atoms with Gasteiger partial charge in [-0.05, 0) is 37.1 Å². The maximum absolute atomic E-state index is 13.1. The van der Waals surface area contributed by atoms with Gasteiger partial charge in [0.05, 0.1) is 4.90 Å². The molecule has 0 saturated heterocycles. The van der Waals surface area contributed by atoms with Gasteiger partial charge in [-0.1, -0.05) is 42.0 Å². The Kier molecular flexibility index (Phi) is 4.21. The van der Waals surface area contributed by atoms with Crippen molar-refractivity contribution in [3.8, 4) is 0 Å². The molecular formula is C21H22N2O2S. The van der Waals surface area contributed by atoms with Crippen molar-refractivity contribution in [2.24, 2.45) is 0 Å². The highest BCUT2D eigenvalue weighted by molar-refractivity contribution is 7.89. The first kappa shape index (κ1) is 17.1. The normalized spacial score (nSPS) is 18.4. The zero-order chi connectivity index (χ0) is 18.3. The van der Waals surface area contributed by atoms with Gasteiger partial charge in [0.1, 0.15) is 0 Å². The summed E-state index contributed by atoms with van der Waals surface area (Å²) in [5, 5.41) is 1.17. The molecule has 0 radical (unpaired) electrons. The Hall–Kier alpha value is -2.37. The van der Waals surface area contributed by atoms with E-state index in [1.54, 1.807) is 16.4 Å². The standard InChI is InChI=1S/C21H22N2O2S/c1-3-16-14-23(26(24,25)17-10-8-15(2)9-11-17)13-12-19-18-6-4-5-7-20(18)22-21(16)19/h3-11,16,22H,1,12-14H2,2H3/t16-/m1/s1. The van der Waals surface area contributed by atoms with Gasteiger partial charge in [-0.3, -0.25) is 0 Å². The molecule has 134 valence electrons. The Bertz CT molecular complexity index is 1070. The fourth-order valence-corrected chi connectivity index (χ4v) is 5.18. The highest BCUT2D eigenvalue weighted by Crippen LogP contribution is 2.33. The molecule has 1 atom stereocenters. The summed E-state index contributed by atoms with van der Waals surface area (Å²) in [5.74, 6) is -0.0554. The van der Waals surface area contributed by atoms with Crippen LogP contribution < -0.4 is 0 Å². The van der Waals surface area contributed by atoms with Crippen LogP contribution in [0.4, 0.5) is 0 Å². The molecule has 4 rings (SSSR count). The second-order valence-electron chi connectivity index (χ2n) is 6.83. The molecule has 0 bridgehead atoms. The molecule has 1 aliphatic heterocycles. The van der Waals surface area contributed by atoms with Crippen LogP contribution in [0, 0.1) is 6.92 Å². The Morgan fingerprint density at radius 2 is 1.88 bits per heavy atom. The van der Waals surface area contributed by atoms with E-state index in [0.717, 1.165) is 16.8 Å². The van der Waals surface area contributed by atoms with Crippen molar-refractivity contribution in [2.45, 2.75) is 24.2 Å². The molecule has 0 unspecified atom stereocenters. The molecular weight excluding hydrogens is 344 g/mol. The number of hydrogen-bond acceptors (Lipinski definition) is 2. The highest BCUT2D eigenvalue weighted by Gasteiger charge is 2.31. The van der Waals surface area contributed by atoms with E-state index in [-0.39, 0.29) is 5.92 Å².